The highest BCUT2D eigenvalue weighted by atomic mass is 32.2. The Morgan fingerprint density at radius 1 is 0.905 bits per heavy atom. The average Bonchev–Trinajstić information content (AvgIpc) is 2.46. The molecule has 0 fully saturated rings. The first-order chi connectivity index (χ1) is 10.1. The second kappa shape index (κ2) is 7.13. The Balaban J connectivity index is 2.07. The first kappa shape index (κ1) is 15.4. The summed E-state index contributed by atoms with van der Waals surface area (Å²) in [6, 6.07) is 17.0. The van der Waals surface area contributed by atoms with Crippen molar-refractivity contribution in [3.8, 4) is 0 Å². The Morgan fingerprint density at radius 3 is 2.29 bits per heavy atom. The third kappa shape index (κ3) is 5.11. The van der Waals surface area contributed by atoms with Crippen LogP contribution < -0.4 is 10.0 Å². The molecule has 0 aliphatic heterocycles. The fraction of sp³-hybridized carbons (Fsp3) is 0.250. The van der Waals surface area contributed by atoms with Gasteiger partial charge in [-0.1, -0.05) is 37.6 Å². The molecule has 0 aliphatic carbocycles. The number of para-hydroxylation sites is 1. The zero-order chi connectivity index (χ0) is 15.1. The third-order valence-electron chi connectivity index (χ3n) is 2.97. The highest BCUT2D eigenvalue weighted by Gasteiger charge is 2.09. The number of benzene rings is 2. The Bertz CT molecular complexity index is 670. The summed E-state index contributed by atoms with van der Waals surface area (Å²) in [6.45, 7) is 1.97. The van der Waals surface area contributed by atoms with Crippen molar-refractivity contribution >= 4 is 27.1 Å². The van der Waals surface area contributed by atoms with Crippen molar-refractivity contribution in [3.63, 3.8) is 0 Å². The lowest BCUT2D eigenvalue weighted by molar-refractivity contribution is 0.598. The molecule has 0 saturated carbocycles. The van der Waals surface area contributed by atoms with E-state index in [1.54, 1.807) is 12.1 Å². The molecule has 2 aromatic rings. The van der Waals surface area contributed by atoms with Crippen molar-refractivity contribution in [1.29, 1.82) is 0 Å². The van der Waals surface area contributed by atoms with E-state index in [-0.39, 0.29) is 5.75 Å². The molecule has 2 aromatic carbocycles. The minimum absolute atomic E-state index is 0.153. The fourth-order valence-electron chi connectivity index (χ4n) is 1.91. The number of unbranched alkanes of at least 4 members (excludes halogenated alkanes) is 1. The number of hydrogen-bond acceptors (Lipinski definition) is 3. The van der Waals surface area contributed by atoms with Gasteiger partial charge < -0.3 is 5.32 Å². The van der Waals surface area contributed by atoms with Crippen LogP contribution in [0.25, 0.3) is 0 Å². The minimum Gasteiger partial charge on any atom is -0.355 e. The Morgan fingerprint density at radius 2 is 1.57 bits per heavy atom. The summed E-state index contributed by atoms with van der Waals surface area (Å²) in [5.74, 6) is 0.153. The van der Waals surface area contributed by atoms with Gasteiger partial charge in [-0.2, -0.15) is 0 Å². The standard InChI is InChI=1S/C16H20N2O2S/c1-2-3-12-21(19,20)18-16-11-7-10-15(13-16)17-14-8-5-4-6-9-14/h4-11,13,17-18H,2-3,12H2,1H3. The summed E-state index contributed by atoms with van der Waals surface area (Å²) in [4.78, 5) is 0. The molecule has 0 radical (unpaired) electrons. The van der Waals surface area contributed by atoms with E-state index in [9.17, 15) is 8.42 Å². The van der Waals surface area contributed by atoms with Crippen LogP contribution in [0.1, 0.15) is 19.8 Å². The molecule has 0 unspecified atom stereocenters. The lowest BCUT2D eigenvalue weighted by Gasteiger charge is -2.10. The van der Waals surface area contributed by atoms with Crippen LogP contribution in [0, 0.1) is 0 Å². The van der Waals surface area contributed by atoms with E-state index in [0.29, 0.717) is 12.1 Å². The zero-order valence-corrected chi connectivity index (χ0v) is 12.9. The van der Waals surface area contributed by atoms with Crippen LogP contribution in [0.3, 0.4) is 0 Å². The van der Waals surface area contributed by atoms with Crippen LogP contribution >= 0.6 is 0 Å². The summed E-state index contributed by atoms with van der Waals surface area (Å²) in [5.41, 5.74) is 2.38. The Kier molecular flexibility index (Phi) is 5.22. The number of anilines is 3. The van der Waals surface area contributed by atoms with E-state index < -0.39 is 10.0 Å². The quantitative estimate of drug-likeness (QED) is 0.813. The summed E-state index contributed by atoms with van der Waals surface area (Å²) >= 11 is 0. The van der Waals surface area contributed by atoms with E-state index in [4.69, 9.17) is 0 Å². The maximum atomic E-state index is 11.9. The first-order valence-corrected chi connectivity index (χ1v) is 8.67. The monoisotopic (exact) mass is 304 g/mol. The summed E-state index contributed by atoms with van der Waals surface area (Å²) in [6.07, 6.45) is 1.52. The SMILES string of the molecule is CCCCS(=O)(=O)Nc1cccc(Nc2ccccc2)c1. The van der Waals surface area contributed by atoms with Crippen molar-refractivity contribution in [3.05, 3.63) is 54.6 Å². The summed E-state index contributed by atoms with van der Waals surface area (Å²) in [5, 5.41) is 3.24. The first-order valence-electron chi connectivity index (χ1n) is 7.02. The largest absolute Gasteiger partial charge is 0.355 e. The van der Waals surface area contributed by atoms with Gasteiger partial charge in [0, 0.05) is 11.4 Å². The van der Waals surface area contributed by atoms with Gasteiger partial charge in [-0.05, 0) is 36.8 Å². The predicted molar refractivity (Wildman–Crippen MR) is 88.5 cm³/mol. The van der Waals surface area contributed by atoms with Gasteiger partial charge in [0.1, 0.15) is 0 Å². The van der Waals surface area contributed by atoms with Crippen molar-refractivity contribution in [2.45, 2.75) is 19.8 Å². The van der Waals surface area contributed by atoms with Crippen LogP contribution in [-0.2, 0) is 10.0 Å². The third-order valence-corrected chi connectivity index (χ3v) is 4.34. The molecule has 0 amide bonds. The molecule has 0 aliphatic rings. The van der Waals surface area contributed by atoms with Crippen LogP contribution in [0.5, 0.6) is 0 Å². The van der Waals surface area contributed by atoms with E-state index in [1.807, 2.05) is 49.4 Å². The molecule has 0 saturated heterocycles. The highest BCUT2D eigenvalue weighted by molar-refractivity contribution is 7.92. The molecule has 0 aromatic heterocycles. The number of rotatable bonds is 7. The van der Waals surface area contributed by atoms with E-state index in [1.165, 1.54) is 0 Å². The van der Waals surface area contributed by atoms with Crippen LogP contribution in [0.15, 0.2) is 54.6 Å². The molecule has 0 atom stereocenters. The van der Waals surface area contributed by atoms with E-state index in [2.05, 4.69) is 10.0 Å². The number of sulfonamides is 1. The van der Waals surface area contributed by atoms with Gasteiger partial charge in [0.05, 0.1) is 11.4 Å². The molecule has 5 heteroatoms. The Hall–Kier alpha value is -2.01. The van der Waals surface area contributed by atoms with Gasteiger partial charge in [-0.3, -0.25) is 4.72 Å². The lowest BCUT2D eigenvalue weighted by Crippen LogP contribution is -2.16. The summed E-state index contributed by atoms with van der Waals surface area (Å²) < 4.78 is 26.4. The second-order valence-electron chi connectivity index (χ2n) is 4.85. The minimum atomic E-state index is -3.26. The maximum Gasteiger partial charge on any atom is 0.232 e. The highest BCUT2D eigenvalue weighted by Crippen LogP contribution is 2.20. The maximum absolute atomic E-state index is 11.9. The smallest absolute Gasteiger partial charge is 0.232 e. The topological polar surface area (TPSA) is 58.2 Å². The van der Waals surface area contributed by atoms with Crippen molar-refractivity contribution in [2.75, 3.05) is 15.8 Å². The molecule has 0 heterocycles. The van der Waals surface area contributed by atoms with E-state index in [0.717, 1.165) is 17.8 Å². The average molecular weight is 304 g/mol. The predicted octanol–water partition coefficient (Wildman–Crippen LogP) is 3.97. The van der Waals surface area contributed by atoms with Crippen molar-refractivity contribution in [2.24, 2.45) is 0 Å². The van der Waals surface area contributed by atoms with E-state index >= 15 is 0 Å². The van der Waals surface area contributed by atoms with Gasteiger partial charge >= 0.3 is 0 Å². The van der Waals surface area contributed by atoms with Crippen LogP contribution in [0.2, 0.25) is 0 Å². The van der Waals surface area contributed by atoms with Gasteiger partial charge in [0.25, 0.3) is 0 Å². The summed E-state index contributed by atoms with van der Waals surface area (Å²) in [7, 11) is -3.26. The molecule has 112 valence electrons. The zero-order valence-electron chi connectivity index (χ0n) is 12.0. The van der Waals surface area contributed by atoms with Crippen LogP contribution in [-0.4, -0.2) is 14.2 Å². The normalized spacial score (nSPS) is 11.1. The van der Waals surface area contributed by atoms with Gasteiger partial charge in [0.15, 0.2) is 0 Å². The second-order valence-corrected chi connectivity index (χ2v) is 6.69. The molecule has 4 nitrogen and oxygen atoms in total. The number of nitrogens with one attached hydrogen (secondary N) is 2. The van der Waals surface area contributed by atoms with Crippen molar-refractivity contribution in [1.82, 2.24) is 0 Å². The molecule has 2 N–H and O–H groups in total. The van der Waals surface area contributed by atoms with Crippen LogP contribution in [0.4, 0.5) is 17.1 Å². The van der Waals surface area contributed by atoms with Gasteiger partial charge in [0.2, 0.25) is 10.0 Å². The van der Waals surface area contributed by atoms with Crippen molar-refractivity contribution < 1.29 is 8.42 Å². The molecule has 2 rings (SSSR count). The lowest BCUT2D eigenvalue weighted by atomic mass is 10.2. The van der Waals surface area contributed by atoms with Gasteiger partial charge in [-0.15, -0.1) is 0 Å². The molecule has 0 spiro atoms. The molecule has 0 bridgehead atoms. The molecular formula is C16H20N2O2S. The Labute approximate surface area is 126 Å². The fourth-order valence-corrected chi connectivity index (χ4v) is 3.17. The molecular weight excluding hydrogens is 284 g/mol. The number of hydrogen-bond donors (Lipinski definition) is 2. The molecule has 21 heavy (non-hydrogen) atoms. The van der Waals surface area contributed by atoms with Gasteiger partial charge in [-0.25, -0.2) is 8.42 Å².